The van der Waals surface area contributed by atoms with E-state index in [2.05, 4.69) is 21.9 Å². The van der Waals surface area contributed by atoms with Crippen LogP contribution in [0.15, 0.2) is 29.4 Å². The minimum atomic E-state index is 0.710. The molecule has 1 aromatic heterocycles. The molecule has 0 radical (unpaired) electrons. The maximum Gasteiger partial charge on any atom is 0.209 e. The Morgan fingerprint density at radius 3 is 2.87 bits per heavy atom. The molecule has 0 N–H and O–H groups in total. The standard InChI is InChI=1S/C16H21ClN4OS/c1-2-15-18-16(23-11-8-20-6-9-22-10-7-20)19-21(15)14-5-3-4-13(17)12-14/h3-5,12H,2,6-11H2,1H3. The summed E-state index contributed by atoms with van der Waals surface area (Å²) in [5, 5.41) is 6.18. The molecular formula is C16H21ClN4OS. The van der Waals surface area contributed by atoms with Crippen LogP contribution in [0.4, 0.5) is 0 Å². The average Bonchev–Trinajstić information content (AvgIpc) is 2.99. The van der Waals surface area contributed by atoms with Crippen LogP contribution in [-0.2, 0) is 11.2 Å². The summed E-state index contributed by atoms with van der Waals surface area (Å²) in [4.78, 5) is 7.07. The third kappa shape index (κ3) is 4.47. The third-order valence-corrected chi connectivity index (χ3v) is 4.82. The first-order chi connectivity index (χ1) is 11.3. The summed E-state index contributed by atoms with van der Waals surface area (Å²) in [6.45, 7) is 6.85. The molecule has 0 unspecified atom stereocenters. The van der Waals surface area contributed by atoms with E-state index in [4.69, 9.17) is 16.3 Å². The molecule has 0 bridgehead atoms. The van der Waals surface area contributed by atoms with Gasteiger partial charge >= 0.3 is 0 Å². The van der Waals surface area contributed by atoms with Crippen LogP contribution in [-0.4, -0.2) is 58.3 Å². The number of hydrogen-bond donors (Lipinski definition) is 0. The lowest BCUT2D eigenvalue weighted by Gasteiger charge is -2.25. The van der Waals surface area contributed by atoms with Crippen molar-refractivity contribution in [2.45, 2.75) is 18.5 Å². The summed E-state index contributed by atoms with van der Waals surface area (Å²) in [6, 6.07) is 7.72. The topological polar surface area (TPSA) is 43.2 Å². The zero-order valence-electron chi connectivity index (χ0n) is 13.2. The number of thioether (sulfide) groups is 1. The van der Waals surface area contributed by atoms with E-state index >= 15 is 0 Å². The van der Waals surface area contributed by atoms with Crippen molar-refractivity contribution >= 4 is 23.4 Å². The molecule has 2 heterocycles. The summed E-state index contributed by atoms with van der Waals surface area (Å²) in [5.41, 5.74) is 0.960. The Hall–Kier alpha value is -1.08. The molecular weight excluding hydrogens is 332 g/mol. The fourth-order valence-electron chi connectivity index (χ4n) is 2.52. The molecule has 1 saturated heterocycles. The van der Waals surface area contributed by atoms with E-state index in [-0.39, 0.29) is 0 Å². The zero-order chi connectivity index (χ0) is 16.1. The molecule has 1 aliphatic heterocycles. The highest BCUT2D eigenvalue weighted by Gasteiger charge is 2.13. The molecule has 1 aromatic carbocycles. The number of aryl methyl sites for hydroxylation is 1. The van der Waals surface area contributed by atoms with Crippen LogP contribution in [0.5, 0.6) is 0 Å². The van der Waals surface area contributed by atoms with Crippen LogP contribution in [0.1, 0.15) is 12.7 Å². The van der Waals surface area contributed by atoms with Gasteiger partial charge in [0.25, 0.3) is 0 Å². The number of nitrogens with zero attached hydrogens (tertiary/aromatic N) is 4. The molecule has 1 fully saturated rings. The minimum Gasteiger partial charge on any atom is -0.379 e. The van der Waals surface area contributed by atoms with E-state index < -0.39 is 0 Å². The molecule has 2 aromatic rings. The first-order valence-corrected chi connectivity index (χ1v) is 9.27. The Morgan fingerprint density at radius 2 is 2.13 bits per heavy atom. The third-order valence-electron chi connectivity index (χ3n) is 3.77. The molecule has 124 valence electrons. The first kappa shape index (κ1) is 16.8. The lowest BCUT2D eigenvalue weighted by atomic mass is 10.3. The molecule has 5 nitrogen and oxygen atoms in total. The van der Waals surface area contributed by atoms with E-state index in [1.54, 1.807) is 11.8 Å². The van der Waals surface area contributed by atoms with E-state index in [0.29, 0.717) is 5.02 Å². The second-order valence-corrected chi connectivity index (χ2v) is 6.86. The van der Waals surface area contributed by atoms with Crippen molar-refractivity contribution in [3.63, 3.8) is 0 Å². The smallest absolute Gasteiger partial charge is 0.209 e. The van der Waals surface area contributed by atoms with Crippen LogP contribution < -0.4 is 0 Å². The second-order valence-electron chi connectivity index (χ2n) is 5.36. The van der Waals surface area contributed by atoms with Gasteiger partial charge in [-0.1, -0.05) is 36.4 Å². The Labute approximate surface area is 146 Å². The molecule has 3 rings (SSSR count). The van der Waals surface area contributed by atoms with Gasteiger partial charge in [-0.15, -0.1) is 5.10 Å². The largest absolute Gasteiger partial charge is 0.379 e. The summed E-state index contributed by atoms with van der Waals surface area (Å²) in [6.07, 6.45) is 0.837. The predicted molar refractivity (Wildman–Crippen MR) is 93.7 cm³/mol. The zero-order valence-corrected chi connectivity index (χ0v) is 14.8. The van der Waals surface area contributed by atoms with E-state index in [1.165, 1.54) is 0 Å². The van der Waals surface area contributed by atoms with Crippen LogP contribution in [0.3, 0.4) is 0 Å². The van der Waals surface area contributed by atoms with E-state index in [9.17, 15) is 0 Å². The predicted octanol–water partition coefficient (Wildman–Crippen LogP) is 2.91. The van der Waals surface area contributed by atoms with Crippen molar-refractivity contribution < 1.29 is 4.74 Å². The highest BCUT2D eigenvalue weighted by Crippen LogP contribution is 2.20. The fraction of sp³-hybridized carbons (Fsp3) is 0.500. The van der Waals surface area contributed by atoms with Crippen LogP contribution >= 0.6 is 23.4 Å². The summed E-state index contributed by atoms with van der Waals surface area (Å²) >= 11 is 7.79. The highest BCUT2D eigenvalue weighted by atomic mass is 35.5. The Kier molecular flexibility index (Phi) is 5.94. The molecule has 23 heavy (non-hydrogen) atoms. The van der Waals surface area contributed by atoms with Gasteiger partial charge in [-0.2, -0.15) is 0 Å². The molecule has 0 spiro atoms. The van der Waals surface area contributed by atoms with Gasteiger partial charge in [-0.3, -0.25) is 4.90 Å². The average molecular weight is 353 g/mol. The van der Waals surface area contributed by atoms with Gasteiger partial charge in [0, 0.05) is 36.8 Å². The lowest BCUT2D eigenvalue weighted by Crippen LogP contribution is -2.37. The molecule has 7 heteroatoms. The van der Waals surface area contributed by atoms with Gasteiger partial charge in [0.05, 0.1) is 18.9 Å². The van der Waals surface area contributed by atoms with E-state index in [1.807, 2.05) is 28.9 Å². The Bertz CT molecular complexity index is 643. The molecule has 0 aliphatic carbocycles. The number of hydrogen-bond acceptors (Lipinski definition) is 5. The number of ether oxygens (including phenoxy) is 1. The fourth-order valence-corrected chi connectivity index (χ4v) is 3.54. The second kappa shape index (κ2) is 8.15. The number of aromatic nitrogens is 3. The minimum absolute atomic E-state index is 0.710. The maximum absolute atomic E-state index is 6.08. The van der Waals surface area contributed by atoms with Gasteiger partial charge in [-0.25, -0.2) is 9.67 Å². The highest BCUT2D eigenvalue weighted by molar-refractivity contribution is 7.99. The van der Waals surface area contributed by atoms with Gasteiger partial charge in [0.1, 0.15) is 5.82 Å². The van der Waals surface area contributed by atoms with Gasteiger partial charge in [-0.05, 0) is 18.2 Å². The first-order valence-electron chi connectivity index (χ1n) is 7.91. The summed E-state index contributed by atoms with van der Waals surface area (Å²) in [7, 11) is 0. The van der Waals surface area contributed by atoms with Gasteiger partial charge in [0.15, 0.2) is 0 Å². The van der Waals surface area contributed by atoms with Gasteiger partial charge in [0.2, 0.25) is 5.16 Å². The molecule has 0 saturated carbocycles. The Balaban J connectivity index is 1.64. The maximum atomic E-state index is 6.08. The van der Waals surface area contributed by atoms with Gasteiger partial charge < -0.3 is 4.74 Å². The summed E-state index contributed by atoms with van der Waals surface area (Å²) in [5.74, 6) is 1.95. The van der Waals surface area contributed by atoms with Crippen LogP contribution in [0.25, 0.3) is 5.69 Å². The van der Waals surface area contributed by atoms with Crippen LogP contribution in [0, 0.1) is 0 Å². The van der Waals surface area contributed by atoms with Crippen molar-refractivity contribution in [2.75, 3.05) is 38.6 Å². The van der Waals surface area contributed by atoms with Crippen molar-refractivity contribution in [1.82, 2.24) is 19.7 Å². The van der Waals surface area contributed by atoms with Crippen molar-refractivity contribution in [1.29, 1.82) is 0 Å². The van der Waals surface area contributed by atoms with Crippen LogP contribution in [0.2, 0.25) is 5.02 Å². The SMILES string of the molecule is CCc1nc(SCCN2CCOCC2)nn1-c1cccc(Cl)c1. The van der Waals surface area contributed by atoms with Crippen molar-refractivity contribution in [2.24, 2.45) is 0 Å². The number of rotatable bonds is 6. The molecule has 0 atom stereocenters. The monoisotopic (exact) mass is 352 g/mol. The number of morpholine rings is 1. The normalized spacial score (nSPS) is 15.9. The van der Waals surface area contributed by atoms with Crippen molar-refractivity contribution in [3.8, 4) is 5.69 Å². The van der Waals surface area contributed by atoms with Crippen molar-refractivity contribution in [3.05, 3.63) is 35.1 Å². The quantitative estimate of drug-likeness (QED) is 0.748. The molecule has 1 aliphatic rings. The lowest BCUT2D eigenvalue weighted by molar-refractivity contribution is 0.0410. The van der Waals surface area contributed by atoms with E-state index in [0.717, 1.165) is 61.7 Å². The number of benzene rings is 1. The Morgan fingerprint density at radius 1 is 1.30 bits per heavy atom. The number of halogens is 1. The summed E-state index contributed by atoms with van der Waals surface area (Å²) < 4.78 is 7.26. The molecule has 0 amide bonds.